The number of amides is 9. The van der Waals surface area contributed by atoms with E-state index < -0.39 is 215 Å². The number of rotatable bonds is 38. The van der Waals surface area contributed by atoms with Crippen LogP contribution < -0.4 is 54.0 Å². The fraction of sp³-hybridized carbons (Fsp3) is 0.674. The predicted molar refractivity (Wildman–Crippen MR) is 250 cm³/mol. The van der Waals surface area contributed by atoms with Crippen LogP contribution >= 0.6 is 0 Å². The third-order valence-corrected chi connectivity index (χ3v) is 10.4. The fourth-order valence-electron chi connectivity index (χ4n) is 6.56. The normalized spacial score (nSPS) is 14.7. The molecule has 0 rings (SSSR count). The number of carboxylic acid groups (broad SMARTS) is 5. The summed E-state index contributed by atoms with van der Waals surface area (Å²) in [6.07, 6.45) is -7.39. The molecule has 19 N–H and O–H groups in total. The lowest BCUT2D eigenvalue weighted by molar-refractivity contribution is -0.143. The minimum atomic E-state index is -1.99. The quantitative estimate of drug-likeness (QED) is 0.0274. The molecule has 31 nitrogen and oxygen atoms in total. The van der Waals surface area contributed by atoms with Crippen molar-refractivity contribution in [3.8, 4) is 0 Å². The van der Waals surface area contributed by atoms with E-state index in [-0.39, 0.29) is 24.7 Å². The Hall–Kier alpha value is -7.54. The van der Waals surface area contributed by atoms with E-state index in [1.165, 1.54) is 0 Å². The van der Waals surface area contributed by atoms with Gasteiger partial charge in [0.2, 0.25) is 53.2 Å². The van der Waals surface area contributed by atoms with Crippen molar-refractivity contribution < 1.29 is 103 Å². The molecule has 0 heterocycles. The van der Waals surface area contributed by atoms with Crippen LogP contribution in [0.4, 0.5) is 0 Å². The Morgan fingerprint density at radius 2 is 0.595 bits per heavy atom. The van der Waals surface area contributed by atoms with Crippen LogP contribution in [-0.4, -0.2) is 186 Å². The molecule has 0 saturated carbocycles. The third-order valence-electron chi connectivity index (χ3n) is 10.4. The molecule has 0 aliphatic carbocycles. The van der Waals surface area contributed by atoms with Gasteiger partial charge in [-0.2, -0.15) is 0 Å². The van der Waals surface area contributed by atoms with E-state index in [0.717, 1.165) is 0 Å². The first kappa shape index (κ1) is 66.5. The molecule has 0 spiro atoms. The molecule has 0 bridgehead atoms. The molecular weight excluding hydrogens is 993 g/mol. The molecule has 0 aliphatic rings. The standard InChI is InChI=1S/C43H70N10O21/c1-19(2)15-27(51-35(65)21(44)17-54)41(71)49-25(8-13-33(61)62)38(68)47-23(6-11-31(57)58)36(66)46-24(7-12-32(59)60)37(67)48-26(9-14-34(63)64)40(70)53-29(18-55)42(72)50-22(5-10-30(45)56)39(69)52-28(43(73)74)16-20(3)4/h19-29,54-55H,5-18,44H2,1-4H3,(H2,45,56)(H,46,66)(H,47,68)(H,48,67)(H,49,71)(H,50,72)(H,51,65)(H,52,69)(H,53,70)(H,57,58)(H,59,60)(H,61,62)(H,63,64)(H,73,74)/t21-,22-,23-,24-,25-,26-,27-,28-,29-/m0/s1. The van der Waals surface area contributed by atoms with Crippen LogP contribution in [0, 0.1) is 11.8 Å². The van der Waals surface area contributed by atoms with Gasteiger partial charge in [-0.15, -0.1) is 0 Å². The van der Waals surface area contributed by atoms with Crippen LogP contribution in [0.1, 0.15) is 105 Å². The first-order valence-corrected chi connectivity index (χ1v) is 23.2. The zero-order valence-electron chi connectivity index (χ0n) is 41.3. The summed E-state index contributed by atoms with van der Waals surface area (Å²) < 4.78 is 0. The SMILES string of the molecule is CC(C)C[C@H](NC(=O)[C@H](CCC(N)=O)NC(=O)[C@H](CO)NC(=O)[C@H](CCC(=O)O)NC(=O)[C@H](CCC(=O)O)NC(=O)[C@H](CCC(=O)O)NC(=O)[C@H](CCC(=O)O)NC(=O)[C@H](CC(C)C)NC(=O)[C@@H](N)CO)C(=O)O. The highest BCUT2D eigenvalue weighted by molar-refractivity contribution is 5.98. The monoisotopic (exact) mass is 1060 g/mol. The summed E-state index contributed by atoms with van der Waals surface area (Å²) in [4.78, 5) is 177. The molecule has 31 heteroatoms. The van der Waals surface area contributed by atoms with Crippen molar-refractivity contribution in [3.63, 3.8) is 0 Å². The Kier molecular flexibility index (Phi) is 30.5. The van der Waals surface area contributed by atoms with Gasteiger partial charge in [0.15, 0.2) is 0 Å². The van der Waals surface area contributed by atoms with Gasteiger partial charge in [0.05, 0.1) is 13.2 Å². The van der Waals surface area contributed by atoms with Gasteiger partial charge < -0.3 is 89.7 Å². The summed E-state index contributed by atoms with van der Waals surface area (Å²) in [5, 5.41) is 84.1. The van der Waals surface area contributed by atoms with Gasteiger partial charge in [0.25, 0.3) is 0 Å². The summed E-state index contributed by atoms with van der Waals surface area (Å²) >= 11 is 0. The van der Waals surface area contributed by atoms with E-state index in [1.54, 1.807) is 27.7 Å². The highest BCUT2D eigenvalue weighted by Crippen LogP contribution is 2.11. The lowest BCUT2D eigenvalue weighted by Gasteiger charge is -2.28. The zero-order chi connectivity index (χ0) is 57.0. The average Bonchev–Trinajstić information content (AvgIpc) is 3.30. The van der Waals surface area contributed by atoms with Crippen LogP contribution in [0.15, 0.2) is 0 Å². The zero-order valence-corrected chi connectivity index (χ0v) is 41.3. The number of aliphatic hydroxyl groups excluding tert-OH is 2. The Morgan fingerprint density at radius 1 is 0.351 bits per heavy atom. The maximum absolute atomic E-state index is 13.8. The molecule has 0 aromatic heterocycles. The molecule has 0 unspecified atom stereocenters. The number of nitrogens with two attached hydrogens (primary N) is 2. The van der Waals surface area contributed by atoms with Crippen LogP contribution in [0.25, 0.3) is 0 Å². The third kappa shape index (κ3) is 27.3. The molecule has 0 saturated heterocycles. The summed E-state index contributed by atoms with van der Waals surface area (Å²) in [7, 11) is 0. The number of nitrogens with one attached hydrogen (secondary N) is 8. The highest BCUT2D eigenvalue weighted by atomic mass is 16.4. The van der Waals surface area contributed by atoms with Crippen molar-refractivity contribution in [2.24, 2.45) is 23.3 Å². The number of carbonyl (C=O) groups excluding carboxylic acids is 9. The molecule has 0 fully saturated rings. The maximum atomic E-state index is 13.8. The van der Waals surface area contributed by atoms with Gasteiger partial charge in [-0.25, -0.2) is 4.79 Å². The summed E-state index contributed by atoms with van der Waals surface area (Å²) in [6.45, 7) is 4.63. The minimum Gasteiger partial charge on any atom is -0.481 e. The Morgan fingerprint density at radius 3 is 0.851 bits per heavy atom. The van der Waals surface area contributed by atoms with Crippen LogP contribution in [-0.2, 0) is 67.1 Å². The first-order chi connectivity index (χ1) is 34.4. The number of carboxylic acids is 5. The first-order valence-electron chi connectivity index (χ1n) is 23.2. The molecule has 0 aliphatic heterocycles. The molecule has 9 atom stereocenters. The Balaban J connectivity index is 6.83. The van der Waals surface area contributed by atoms with Gasteiger partial charge in [-0.3, -0.25) is 62.3 Å². The van der Waals surface area contributed by atoms with E-state index in [1.807, 2.05) is 5.32 Å². The van der Waals surface area contributed by atoms with Crippen molar-refractivity contribution in [1.82, 2.24) is 42.5 Å². The van der Waals surface area contributed by atoms with Gasteiger partial charge >= 0.3 is 29.8 Å². The maximum Gasteiger partial charge on any atom is 0.326 e. The van der Waals surface area contributed by atoms with Crippen molar-refractivity contribution >= 4 is 83.0 Å². The Labute approximate surface area is 423 Å². The lowest BCUT2D eigenvalue weighted by Crippen LogP contribution is -2.61. The van der Waals surface area contributed by atoms with Crippen molar-refractivity contribution in [2.45, 2.75) is 159 Å². The number of aliphatic hydroxyl groups is 2. The molecule has 0 aromatic carbocycles. The van der Waals surface area contributed by atoms with Gasteiger partial charge in [0, 0.05) is 32.1 Å². The molecule has 9 amide bonds. The number of hydrogen-bond acceptors (Lipinski definition) is 17. The summed E-state index contributed by atoms with van der Waals surface area (Å²) in [5.41, 5.74) is 10.7. The molecule has 418 valence electrons. The van der Waals surface area contributed by atoms with E-state index in [9.17, 15) is 103 Å². The number of carbonyl (C=O) groups is 14. The minimum absolute atomic E-state index is 0.0512. The topological polar surface area (TPSA) is 529 Å². The van der Waals surface area contributed by atoms with Crippen molar-refractivity contribution in [3.05, 3.63) is 0 Å². The summed E-state index contributed by atoms with van der Waals surface area (Å²) in [5.74, 6) is -18.7. The molecular formula is C43H70N10O21. The van der Waals surface area contributed by atoms with Gasteiger partial charge in [0.1, 0.15) is 54.4 Å². The van der Waals surface area contributed by atoms with E-state index in [2.05, 4.69) is 37.2 Å². The van der Waals surface area contributed by atoms with Crippen LogP contribution in [0.5, 0.6) is 0 Å². The van der Waals surface area contributed by atoms with Crippen molar-refractivity contribution in [2.75, 3.05) is 13.2 Å². The van der Waals surface area contributed by atoms with E-state index in [4.69, 9.17) is 11.5 Å². The number of aliphatic carboxylic acids is 5. The second-order valence-electron chi connectivity index (χ2n) is 17.8. The van der Waals surface area contributed by atoms with Crippen molar-refractivity contribution in [1.29, 1.82) is 0 Å². The average molecular weight is 1060 g/mol. The molecule has 74 heavy (non-hydrogen) atoms. The van der Waals surface area contributed by atoms with Crippen LogP contribution in [0.3, 0.4) is 0 Å². The number of primary amides is 1. The van der Waals surface area contributed by atoms with E-state index >= 15 is 0 Å². The summed E-state index contributed by atoms with van der Waals surface area (Å²) in [6, 6.07) is -15.6. The Bertz CT molecular complexity index is 2020. The second-order valence-corrected chi connectivity index (χ2v) is 17.8. The van der Waals surface area contributed by atoms with Crippen LogP contribution in [0.2, 0.25) is 0 Å². The largest absolute Gasteiger partial charge is 0.481 e. The number of hydrogen-bond donors (Lipinski definition) is 17. The highest BCUT2D eigenvalue weighted by Gasteiger charge is 2.36. The smallest absolute Gasteiger partial charge is 0.326 e. The molecule has 0 radical (unpaired) electrons. The molecule has 0 aromatic rings. The predicted octanol–water partition coefficient (Wildman–Crippen LogP) is -5.92. The van der Waals surface area contributed by atoms with E-state index in [0.29, 0.717) is 0 Å². The van der Waals surface area contributed by atoms with Gasteiger partial charge in [-0.05, 0) is 56.8 Å². The fourth-order valence-corrected chi connectivity index (χ4v) is 6.56. The lowest BCUT2D eigenvalue weighted by atomic mass is 10.0. The second kappa shape index (κ2) is 34.0. The van der Waals surface area contributed by atoms with Gasteiger partial charge in [-0.1, -0.05) is 27.7 Å².